The second-order valence-electron chi connectivity index (χ2n) is 6.95. The Morgan fingerprint density at radius 2 is 2.08 bits per heavy atom. The molecule has 0 radical (unpaired) electrons. The van der Waals surface area contributed by atoms with E-state index in [0.717, 1.165) is 11.4 Å². The molecule has 0 aromatic heterocycles. The Morgan fingerprint density at radius 1 is 1.36 bits per heavy atom. The number of nitrogens with zero attached hydrogens (tertiary/aromatic N) is 2. The average Bonchev–Trinajstić information content (AvgIpc) is 2.53. The van der Waals surface area contributed by atoms with Gasteiger partial charge in [-0.05, 0) is 29.5 Å². The number of likely N-dealkylation sites (N-methyl/N-ethyl adjacent to an activating group) is 1. The number of guanidine groups is 1. The molecule has 0 unspecified atom stereocenters. The molecule has 0 aliphatic rings. The van der Waals surface area contributed by atoms with Gasteiger partial charge in [-0.1, -0.05) is 43.7 Å². The number of halogens is 1. The number of carbonyl (C=O) groups excluding carboxylic acids is 1. The molecule has 1 aromatic carbocycles. The Morgan fingerprint density at radius 3 is 2.68 bits per heavy atom. The number of carbonyl (C=O) groups is 1. The van der Waals surface area contributed by atoms with Crippen LogP contribution in [0.1, 0.15) is 19.4 Å². The molecule has 0 aliphatic carbocycles. The lowest BCUT2D eigenvalue weighted by atomic mass is 9.86. The van der Waals surface area contributed by atoms with Crippen molar-refractivity contribution in [2.75, 3.05) is 33.7 Å². The Bertz CT molecular complexity index is 611. The topological polar surface area (TPSA) is 56.7 Å². The third-order valence-electron chi connectivity index (χ3n) is 3.59. The van der Waals surface area contributed by atoms with Crippen molar-refractivity contribution in [1.82, 2.24) is 15.5 Å². The first kappa shape index (κ1) is 21.0. The third-order valence-corrected chi connectivity index (χ3v) is 3.83. The van der Waals surface area contributed by atoms with Crippen molar-refractivity contribution in [2.45, 2.75) is 20.3 Å². The average molecular weight is 365 g/mol. The van der Waals surface area contributed by atoms with Crippen LogP contribution in [0, 0.1) is 5.41 Å². The highest BCUT2D eigenvalue weighted by molar-refractivity contribution is 6.30. The number of hydrogen-bond acceptors (Lipinski definition) is 2. The van der Waals surface area contributed by atoms with Gasteiger partial charge in [-0.25, -0.2) is 4.99 Å². The molecule has 25 heavy (non-hydrogen) atoms. The van der Waals surface area contributed by atoms with Crippen molar-refractivity contribution in [3.05, 3.63) is 47.5 Å². The minimum Gasteiger partial charge on any atom is -0.356 e. The van der Waals surface area contributed by atoms with E-state index in [4.69, 9.17) is 11.6 Å². The summed E-state index contributed by atoms with van der Waals surface area (Å²) in [5.74, 6) is 0.562. The molecule has 0 saturated heterocycles. The van der Waals surface area contributed by atoms with E-state index in [1.165, 1.54) is 10.5 Å². The van der Waals surface area contributed by atoms with Crippen molar-refractivity contribution in [3.63, 3.8) is 0 Å². The number of nitrogens with one attached hydrogen (secondary N) is 2. The van der Waals surface area contributed by atoms with Gasteiger partial charge in [0.25, 0.3) is 0 Å². The van der Waals surface area contributed by atoms with Crippen LogP contribution in [0.15, 0.2) is 41.9 Å². The molecule has 138 valence electrons. The van der Waals surface area contributed by atoms with E-state index >= 15 is 0 Å². The van der Waals surface area contributed by atoms with E-state index in [2.05, 4.69) is 42.1 Å². The predicted octanol–water partition coefficient (Wildman–Crippen LogP) is 2.72. The number of benzene rings is 1. The summed E-state index contributed by atoms with van der Waals surface area (Å²) in [5.41, 5.74) is 1.19. The van der Waals surface area contributed by atoms with Crippen LogP contribution in [0.4, 0.5) is 0 Å². The zero-order valence-corrected chi connectivity index (χ0v) is 16.4. The number of rotatable bonds is 8. The molecule has 5 nitrogen and oxygen atoms in total. The van der Waals surface area contributed by atoms with Crippen molar-refractivity contribution in [3.8, 4) is 0 Å². The number of hydrogen-bond donors (Lipinski definition) is 2. The zero-order valence-electron chi connectivity index (χ0n) is 15.6. The van der Waals surface area contributed by atoms with Crippen LogP contribution in [-0.2, 0) is 11.2 Å². The van der Waals surface area contributed by atoms with E-state index in [1.54, 1.807) is 20.2 Å². The first-order chi connectivity index (χ1) is 11.7. The van der Waals surface area contributed by atoms with Gasteiger partial charge in [0.1, 0.15) is 6.54 Å². The summed E-state index contributed by atoms with van der Waals surface area (Å²) in [4.78, 5) is 17.6. The van der Waals surface area contributed by atoms with Gasteiger partial charge in [0, 0.05) is 32.2 Å². The third kappa shape index (κ3) is 8.59. The fourth-order valence-electron chi connectivity index (χ4n) is 2.22. The van der Waals surface area contributed by atoms with Gasteiger partial charge < -0.3 is 15.5 Å². The smallest absolute Gasteiger partial charge is 0.243 e. The van der Waals surface area contributed by atoms with E-state index < -0.39 is 0 Å². The van der Waals surface area contributed by atoms with Crippen LogP contribution in [0.5, 0.6) is 0 Å². The monoisotopic (exact) mass is 364 g/mol. The molecule has 2 N–H and O–H groups in total. The molecule has 0 spiro atoms. The maximum absolute atomic E-state index is 11.7. The van der Waals surface area contributed by atoms with E-state index in [0.29, 0.717) is 19.0 Å². The normalized spacial score (nSPS) is 11.8. The molecule has 0 atom stereocenters. The van der Waals surface area contributed by atoms with Crippen LogP contribution in [0.3, 0.4) is 0 Å². The molecule has 6 heteroatoms. The Kier molecular flexibility index (Phi) is 8.49. The van der Waals surface area contributed by atoms with Gasteiger partial charge in [-0.3, -0.25) is 4.79 Å². The lowest BCUT2D eigenvalue weighted by Crippen LogP contribution is -2.43. The molecule has 0 saturated carbocycles. The minimum absolute atomic E-state index is 0.00708. The molecule has 0 aliphatic heterocycles. The quantitative estimate of drug-likeness (QED) is 0.423. The molecule has 1 rings (SSSR count). The van der Waals surface area contributed by atoms with E-state index in [-0.39, 0.29) is 17.9 Å². The van der Waals surface area contributed by atoms with Crippen molar-refractivity contribution in [1.29, 1.82) is 0 Å². The summed E-state index contributed by atoms with van der Waals surface area (Å²) in [7, 11) is 3.44. The van der Waals surface area contributed by atoms with Crippen LogP contribution in [-0.4, -0.2) is 50.5 Å². The number of aliphatic imine (C=N–C) groups is 1. The standard InChI is InChI=1S/C19H29ClN4O/c1-6-10-21-18(22-13-17(25)24(4)5)23-14-19(2,3)12-15-8-7-9-16(20)11-15/h6-9,11H,1,10,12-14H2,2-5H3,(H2,21,22,23). The Balaban J connectivity index is 2.67. The first-order valence-corrected chi connectivity index (χ1v) is 8.69. The summed E-state index contributed by atoms with van der Waals surface area (Å²) in [6.45, 7) is 9.44. The van der Waals surface area contributed by atoms with Gasteiger partial charge in [0.15, 0.2) is 5.96 Å². The second kappa shape index (κ2) is 10.1. The van der Waals surface area contributed by atoms with E-state index in [1.807, 2.05) is 18.2 Å². The molecule has 1 amide bonds. The van der Waals surface area contributed by atoms with Crippen molar-refractivity contribution >= 4 is 23.5 Å². The molecule has 0 fully saturated rings. The first-order valence-electron chi connectivity index (χ1n) is 8.31. The van der Waals surface area contributed by atoms with Crippen LogP contribution < -0.4 is 10.6 Å². The SMILES string of the molecule is C=CCNC(=NCC(=O)N(C)C)NCC(C)(C)Cc1cccc(Cl)c1. The summed E-state index contributed by atoms with van der Waals surface area (Å²) >= 11 is 6.06. The fourth-order valence-corrected chi connectivity index (χ4v) is 2.43. The number of amides is 1. The van der Waals surface area contributed by atoms with Crippen LogP contribution in [0.2, 0.25) is 5.02 Å². The molecular formula is C19H29ClN4O. The van der Waals surface area contributed by atoms with Crippen LogP contribution in [0.25, 0.3) is 0 Å². The predicted molar refractivity (Wildman–Crippen MR) is 106 cm³/mol. The maximum Gasteiger partial charge on any atom is 0.243 e. The largest absolute Gasteiger partial charge is 0.356 e. The highest BCUT2D eigenvalue weighted by atomic mass is 35.5. The summed E-state index contributed by atoms with van der Waals surface area (Å²) in [5, 5.41) is 7.20. The summed E-state index contributed by atoms with van der Waals surface area (Å²) < 4.78 is 0. The summed E-state index contributed by atoms with van der Waals surface area (Å²) in [6, 6.07) is 7.91. The molecule has 0 bridgehead atoms. The summed E-state index contributed by atoms with van der Waals surface area (Å²) in [6.07, 6.45) is 2.63. The fraction of sp³-hybridized carbons (Fsp3) is 0.474. The van der Waals surface area contributed by atoms with Crippen LogP contribution >= 0.6 is 11.6 Å². The zero-order chi connectivity index (χ0) is 18.9. The molecule has 1 aromatic rings. The molecule has 0 heterocycles. The maximum atomic E-state index is 11.7. The highest BCUT2D eigenvalue weighted by Crippen LogP contribution is 2.22. The van der Waals surface area contributed by atoms with Crippen molar-refractivity contribution in [2.24, 2.45) is 10.4 Å². The molecular weight excluding hydrogens is 336 g/mol. The second-order valence-corrected chi connectivity index (χ2v) is 7.38. The highest BCUT2D eigenvalue weighted by Gasteiger charge is 2.19. The van der Waals surface area contributed by atoms with Gasteiger partial charge in [0.05, 0.1) is 0 Å². The minimum atomic E-state index is -0.0436. The van der Waals surface area contributed by atoms with Gasteiger partial charge >= 0.3 is 0 Å². The van der Waals surface area contributed by atoms with Crippen molar-refractivity contribution < 1.29 is 4.79 Å². The Hall–Kier alpha value is -2.01. The van der Waals surface area contributed by atoms with Gasteiger partial charge in [0.2, 0.25) is 5.91 Å². The van der Waals surface area contributed by atoms with Gasteiger partial charge in [-0.15, -0.1) is 6.58 Å². The Labute approximate surface area is 156 Å². The van der Waals surface area contributed by atoms with Gasteiger partial charge in [-0.2, -0.15) is 0 Å². The lowest BCUT2D eigenvalue weighted by Gasteiger charge is -2.26. The lowest BCUT2D eigenvalue weighted by molar-refractivity contribution is -0.127. The van der Waals surface area contributed by atoms with E-state index in [9.17, 15) is 4.79 Å².